The number of ether oxygens (including phenoxy) is 1. The van der Waals surface area contributed by atoms with E-state index in [1.165, 1.54) is 16.8 Å². The maximum atomic E-state index is 12.5. The predicted molar refractivity (Wildman–Crippen MR) is 135 cm³/mol. The SMILES string of the molecule is C=CC1=C(n2ccc(=O)[nH]c2=O)O[C@H](CO[Si](C)(C)C(C)(C)C)[C@H]1O[Si](C)(C)C(C)(C)C. The molecule has 32 heavy (non-hydrogen) atoms. The van der Waals surface area contributed by atoms with E-state index >= 15 is 0 Å². The minimum Gasteiger partial charge on any atom is -0.469 e. The van der Waals surface area contributed by atoms with Crippen LogP contribution in [0, 0.1) is 0 Å². The molecule has 1 aromatic rings. The molecule has 0 saturated carbocycles. The zero-order chi connectivity index (χ0) is 24.7. The predicted octanol–water partition coefficient (Wildman–Crippen LogP) is 4.70. The van der Waals surface area contributed by atoms with Crippen LogP contribution in [0.3, 0.4) is 0 Å². The van der Waals surface area contributed by atoms with Gasteiger partial charge in [-0.05, 0) is 36.3 Å². The number of nitrogens with one attached hydrogen (secondary N) is 1. The molecule has 2 atom stereocenters. The summed E-state index contributed by atoms with van der Waals surface area (Å²) in [7, 11) is -4.22. The van der Waals surface area contributed by atoms with Gasteiger partial charge in [0.25, 0.3) is 5.56 Å². The molecule has 2 rings (SSSR count). The van der Waals surface area contributed by atoms with Crippen molar-refractivity contribution in [2.45, 2.75) is 90.0 Å². The highest BCUT2D eigenvalue weighted by Crippen LogP contribution is 2.42. The van der Waals surface area contributed by atoms with Crippen LogP contribution in [-0.4, -0.2) is 45.0 Å². The molecule has 0 amide bonds. The van der Waals surface area contributed by atoms with Gasteiger partial charge in [0.05, 0.1) is 6.61 Å². The van der Waals surface area contributed by atoms with Gasteiger partial charge < -0.3 is 13.6 Å². The van der Waals surface area contributed by atoms with Gasteiger partial charge in [-0.15, -0.1) is 0 Å². The third-order valence-corrected chi connectivity index (χ3v) is 16.0. The van der Waals surface area contributed by atoms with E-state index in [-0.39, 0.29) is 10.1 Å². The van der Waals surface area contributed by atoms with Crippen LogP contribution in [0.15, 0.2) is 40.1 Å². The highest BCUT2D eigenvalue weighted by atomic mass is 28.4. The van der Waals surface area contributed by atoms with Crippen LogP contribution in [0.2, 0.25) is 36.3 Å². The first-order valence-corrected chi connectivity index (χ1v) is 16.9. The van der Waals surface area contributed by atoms with E-state index in [4.69, 9.17) is 13.6 Å². The molecule has 2 heterocycles. The van der Waals surface area contributed by atoms with Crippen LogP contribution in [-0.2, 0) is 13.6 Å². The van der Waals surface area contributed by atoms with Crippen molar-refractivity contribution in [3.05, 3.63) is 51.3 Å². The van der Waals surface area contributed by atoms with Gasteiger partial charge >= 0.3 is 5.69 Å². The molecule has 7 nitrogen and oxygen atoms in total. The van der Waals surface area contributed by atoms with Crippen molar-refractivity contribution in [1.29, 1.82) is 0 Å². The summed E-state index contributed by atoms with van der Waals surface area (Å²) in [5.74, 6) is 0.328. The summed E-state index contributed by atoms with van der Waals surface area (Å²) >= 11 is 0. The molecular weight excluding hydrogens is 440 g/mol. The first-order valence-electron chi connectivity index (χ1n) is 11.1. The van der Waals surface area contributed by atoms with E-state index in [0.717, 1.165) is 0 Å². The lowest BCUT2D eigenvalue weighted by molar-refractivity contribution is 0.0322. The minimum atomic E-state index is -2.19. The zero-order valence-electron chi connectivity index (χ0n) is 21.3. The number of H-pyrrole nitrogens is 1. The second-order valence-corrected chi connectivity index (χ2v) is 21.0. The van der Waals surface area contributed by atoms with Gasteiger partial charge in [-0.2, -0.15) is 0 Å². The summed E-state index contributed by atoms with van der Waals surface area (Å²) in [5, 5.41) is 0.0382. The van der Waals surface area contributed by atoms with Crippen LogP contribution in [0.5, 0.6) is 0 Å². The molecule has 0 spiro atoms. The number of hydrogen-bond acceptors (Lipinski definition) is 5. The summed E-state index contributed by atoms with van der Waals surface area (Å²) in [4.78, 5) is 26.3. The fourth-order valence-corrected chi connectivity index (χ4v) is 5.11. The van der Waals surface area contributed by atoms with Gasteiger partial charge in [0.1, 0.15) is 6.10 Å². The van der Waals surface area contributed by atoms with Gasteiger partial charge in [0.15, 0.2) is 22.7 Å². The molecule has 1 N–H and O–H groups in total. The maximum absolute atomic E-state index is 12.5. The Bertz CT molecular complexity index is 993. The lowest BCUT2D eigenvalue weighted by Crippen LogP contribution is -2.49. The number of aromatic amines is 1. The average molecular weight is 481 g/mol. The van der Waals surface area contributed by atoms with Crippen molar-refractivity contribution in [2.75, 3.05) is 6.61 Å². The Labute approximate surface area is 193 Å². The Hall–Kier alpha value is -1.69. The number of aromatic nitrogens is 2. The van der Waals surface area contributed by atoms with Crippen molar-refractivity contribution in [3.8, 4) is 0 Å². The molecule has 9 heteroatoms. The molecule has 0 unspecified atom stereocenters. The molecule has 1 aliphatic rings. The van der Waals surface area contributed by atoms with Crippen molar-refractivity contribution >= 4 is 22.5 Å². The Morgan fingerprint density at radius 1 is 1.09 bits per heavy atom. The summed E-state index contributed by atoms with van der Waals surface area (Å²) in [6.07, 6.45) is 2.24. The summed E-state index contributed by atoms with van der Waals surface area (Å²) < 4.78 is 20.8. The van der Waals surface area contributed by atoms with E-state index in [1.807, 2.05) is 0 Å². The number of nitrogens with zero attached hydrogens (tertiary/aromatic N) is 1. The van der Waals surface area contributed by atoms with E-state index in [2.05, 4.69) is 79.3 Å². The van der Waals surface area contributed by atoms with Crippen molar-refractivity contribution in [2.24, 2.45) is 0 Å². The lowest BCUT2D eigenvalue weighted by Gasteiger charge is -2.41. The molecule has 0 aliphatic carbocycles. The smallest absolute Gasteiger partial charge is 0.335 e. The topological polar surface area (TPSA) is 82.6 Å². The Balaban J connectivity index is 2.50. The summed E-state index contributed by atoms with van der Waals surface area (Å²) in [5.41, 5.74) is -0.339. The second-order valence-electron chi connectivity index (χ2n) is 11.5. The zero-order valence-corrected chi connectivity index (χ0v) is 23.3. The lowest BCUT2D eigenvalue weighted by atomic mass is 10.1. The van der Waals surface area contributed by atoms with Crippen molar-refractivity contribution in [1.82, 2.24) is 9.55 Å². The number of hydrogen-bond donors (Lipinski definition) is 1. The van der Waals surface area contributed by atoms with Gasteiger partial charge in [-0.25, -0.2) is 9.36 Å². The monoisotopic (exact) mass is 480 g/mol. The first-order chi connectivity index (χ1) is 14.4. The van der Waals surface area contributed by atoms with Crippen molar-refractivity contribution < 1.29 is 13.6 Å². The second kappa shape index (κ2) is 8.92. The third-order valence-electron chi connectivity index (χ3n) is 7.06. The van der Waals surface area contributed by atoms with Crippen LogP contribution >= 0.6 is 0 Å². The molecule has 0 aromatic carbocycles. The van der Waals surface area contributed by atoms with Gasteiger partial charge in [0.2, 0.25) is 5.88 Å². The summed E-state index contributed by atoms with van der Waals surface area (Å²) in [6, 6.07) is 1.29. The fourth-order valence-electron chi connectivity index (χ4n) is 2.83. The molecule has 0 bridgehead atoms. The molecule has 180 valence electrons. The van der Waals surface area contributed by atoms with Crippen LogP contribution < -0.4 is 11.2 Å². The van der Waals surface area contributed by atoms with E-state index in [1.54, 1.807) is 6.08 Å². The molecular formula is C23H40N2O5Si2. The largest absolute Gasteiger partial charge is 0.469 e. The molecule has 0 saturated heterocycles. The van der Waals surface area contributed by atoms with E-state index in [0.29, 0.717) is 18.1 Å². The standard InChI is InChI=1S/C23H40N2O5Si2/c1-12-16-19(30-32(10,11)23(5,6)7)17(15-28-31(8,9)22(2,3)4)29-20(16)25-14-13-18(26)24-21(25)27/h12-14,17,19H,1,15H2,2-11H3,(H,24,26,27)/t17-,19+/m1/s1. The van der Waals surface area contributed by atoms with Gasteiger partial charge in [-0.1, -0.05) is 54.2 Å². The Morgan fingerprint density at radius 3 is 2.12 bits per heavy atom. The quantitative estimate of drug-likeness (QED) is 0.572. The average Bonchev–Trinajstić information content (AvgIpc) is 2.94. The first kappa shape index (κ1) is 26.6. The highest BCUT2D eigenvalue weighted by molar-refractivity contribution is 6.74. The molecule has 0 fully saturated rings. The summed E-state index contributed by atoms with van der Waals surface area (Å²) in [6.45, 7) is 26.2. The highest BCUT2D eigenvalue weighted by Gasteiger charge is 2.47. The maximum Gasteiger partial charge on any atom is 0.335 e. The van der Waals surface area contributed by atoms with E-state index < -0.39 is 40.1 Å². The minimum absolute atomic E-state index is 0.0122. The molecule has 1 aliphatic heterocycles. The normalized spacial score (nSPS) is 20.4. The number of rotatable bonds is 7. The third kappa shape index (κ3) is 5.44. The van der Waals surface area contributed by atoms with Crippen LogP contribution in [0.25, 0.3) is 5.88 Å². The van der Waals surface area contributed by atoms with Crippen molar-refractivity contribution in [3.63, 3.8) is 0 Å². The Morgan fingerprint density at radius 2 is 1.66 bits per heavy atom. The van der Waals surface area contributed by atoms with Crippen LogP contribution in [0.1, 0.15) is 41.5 Å². The van der Waals surface area contributed by atoms with Crippen LogP contribution in [0.4, 0.5) is 0 Å². The molecule has 0 radical (unpaired) electrons. The van der Waals surface area contributed by atoms with E-state index in [9.17, 15) is 9.59 Å². The van der Waals surface area contributed by atoms with Gasteiger partial charge in [-0.3, -0.25) is 9.78 Å². The fraction of sp³-hybridized carbons (Fsp3) is 0.652. The molecule has 1 aromatic heterocycles. The Kier molecular flexibility index (Phi) is 7.41. The van der Waals surface area contributed by atoms with Gasteiger partial charge in [0, 0.05) is 17.8 Å².